The lowest BCUT2D eigenvalue weighted by molar-refractivity contribution is -0.124. The average Bonchev–Trinajstić information content (AvgIpc) is 2.59. The van der Waals surface area contributed by atoms with E-state index in [4.69, 9.17) is 11.6 Å². The summed E-state index contributed by atoms with van der Waals surface area (Å²) in [6.45, 7) is 4.23. The molecule has 0 saturated carbocycles. The van der Waals surface area contributed by atoms with Gasteiger partial charge in [0.1, 0.15) is 11.9 Å². The fraction of sp³-hybridized carbons (Fsp3) is 0.263. The van der Waals surface area contributed by atoms with E-state index in [2.05, 4.69) is 0 Å². The van der Waals surface area contributed by atoms with E-state index in [0.717, 1.165) is 11.3 Å². The molecule has 1 saturated heterocycles. The lowest BCUT2D eigenvalue weighted by Crippen LogP contribution is -2.58. The van der Waals surface area contributed by atoms with Crippen molar-refractivity contribution in [2.45, 2.75) is 19.9 Å². The second-order valence-corrected chi connectivity index (χ2v) is 6.51. The van der Waals surface area contributed by atoms with Gasteiger partial charge in [0, 0.05) is 23.8 Å². The topological polar surface area (TPSA) is 40.6 Å². The van der Waals surface area contributed by atoms with Gasteiger partial charge in [0.25, 0.3) is 5.91 Å². The molecule has 0 aliphatic carbocycles. The Kier molecular flexibility index (Phi) is 4.77. The Balaban J connectivity index is 1.86. The van der Waals surface area contributed by atoms with Crippen LogP contribution in [0.25, 0.3) is 0 Å². The molecule has 1 fully saturated rings. The van der Waals surface area contributed by atoms with Gasteiger partial charge in [-0.3, -0.25) is 9.59 Å². The minimum atomic E-state index is -0.681. The van der Waals surface area contributed by atoms with Crippen molar-refractivity contribution >= 4 is 29.1 Å². The summed E-state index contributed by atoms with van der Waals surface area (Å²) in [7, 11) is 0. The molecule has 6 heteroatoms. The zero-order valence-electron chi connectivity index (χ0n) is 14.0. The highest BCUT2D eigenvalue weighted by molar-refractivity contribution is 6.31. The second kappa shape index (κ2) is 6.84. The van der Waals surface area contributed by atoms with Crippen LogP contribution in [0.4, 0.5) is 10.1 Å². The maximum Gasteiger partial charge on any atom is 0.257 e. The molecule has 1 aliphatic rings. The van der Waals surface area contributed by atoms with Gasteiger partial charge in [-0.15, -0.1) is 0 Å². The van der Waals surface area contributed by atoms with Crippen molar-refractivity contribution in [2.75, 3.05) is 18.0 Å². The summed E-state index contributed by atoms with van der Waals surface area (Å²) in [5, 5.41) is 0.547. The molecule has 25 heavy (non-hydrogen) atoms. The fourth-order valence-electron chi connectivity index (χ4n) is 3.05. The summed E-state index contributed by atoms with van der Waals surface area (Å²) in [4.78, 5) is 28.5. The molecule has 4 nitrogen and oxygen atoms in total. The van der Waals surface area contributed by atoms with Crippen molar-refractivity contribution in [1.29, 1.82) is 0 Å². The number of aryl methyl sites for hydroxylation is 1. The summed E-state index contributed by atoms with van der Waals surface area (Å²) < 4.78 is 13.9. The Morgan fingerprint density at radius 2 is 1.92 bits per heavy atom. The highest BCUT2D eigenvalue weighted by Gasteiger charge is 2.36. The molecule has 1 aliphatic heterocycles. The third-order valence-electron chi connectivity index (χ3n) is 4.48. The minimum absolute atomic E-state index is 0.0189. The molecule has 0 bridgehead atoms. The largest absolute Gasteiger partial charge is 0.325 e. The van der Waals surface area contributed by atoms with Gasteiger partial charge in [-0.2, -0.15) is 0 Å². The van der Waals surface area contributed by atoms with E-state index in [1.807, 2.05) is 13.0 Å². The maximum atomic E-state index is 13.9. The minimum Gasteiger partial charge on any atom is -0.325 e. The van der Waals surface area contributed by atoms with Crippen molar-refractivity contribution in [3.05, 3.63) is 64.4 Å². The molecule has 1 atom stereocenters. The number of halogens is 2. The number of carbonyl (C=O) groups excluding carboxylic acids is 2. The van der Waals surface area contributed by atoms with Crippen molar-refractivity contribution in [3.8, 4) is 0 Å². The number of anilines is 1. The Bertz CT molecular complexity index is 840. The molecule has 0 N–H and O–H groups in total. The van der Waals surface area contributed by atoms with Crippen LogP contribution >= 0.6 is 11.6 Å². The molecular weight excluding hydrogens is 343 g/mol. The van der Waals surface area contributed by atoms with E-state index >= 15 is 0 Å². The van der Waals surface area contributed by atoms with E-state index in [-0.39, 0.29) is 11.5 Å². The second-order valence-electron chi connectivity index (χ2n) is 6.08. The van der Waals surface area contributed by atoms with Gasteiger partial charge in [-0.25, -0.2) is 4.39 Å². The van der Waals surface area contributed by atoms with Crippen LogP contribution in [-0.2, 0) is 4.79 Å². The first-order valence-electron chi connectivity index (χ1n) is 8.03. The van der Waals surface area contributed by atoms with Gasteiger partial charge < -0.3 is 9.80 Å². The Labute approximate surface area is 150 Å². The SMILES string of the molecule is Cc1ccc(Cl)cc1N1CCN(C(=O)c2ccccc2F)[C@H](C)C1=O. The van der Waals surface area contributed by atoms with Crippen LogP contribution in [-0.4, -0.2) is 35.8 Å². The molecule has 0 aromatic heterocycles. The van der Waals surface area contributed by atoms with Gasteiger partial charge in [-0.05, 0) is 43.7 Å². The van der Waals surface area contributed by atoms with Crippen LogP contribution in [0.1, 0.15) is 22.8 Å². The van der Waals surface area contributed by atoms with E-state index in [0.29, 0.717) is 18.1 Å². The van der Waals surface area contributed by atoms with Crippen LogP contribution in [0, 0.1) is 12.7 Å². The van der Waals surface area contributed by atoms with Crippen LogP contribution in [0.3, 0.4) is 0 Å². The van der Waals surface area contributed by atoms with E-state index < -0.39 is 17.8 Å². The molecule has 0 spiro atoms. The smallest absolute Gasteiger partial charge is 0.257 e. The molecule has 0 unspecified atom stereocenters. The lowest BCUT2D eigenvalue weighted by Gasteiger charge is -2.39. The van der Waals surface area contributed by atoms with Gasteiger partial charge in [0.2, 0.25) is 5.91 Å². The number of hydrogen-bond donors (Lipinski definition) is 0. The predicted molar refractivity (Wildman–Crippen MR) is 95.4 cm³/mol. The Morgan fingerprint density at radius 1 is 1.20 bits per heavy atom. The lowest BCUT2D eigenvalue weighted by atomic mass is 10.1. The first kappa shape index (κ1) is 17.4. The molecule has 2 aromatic carbocycles. The summed E-state index contributed by atoms with van der Waals surface area (Å²) >= 11 is 6.05. The zero-order valence-corrected chi connectivity index (χ0v) is 14.8. The third-order valence-corrected chi connectivity index (χ3v) is 4.72. The summed E-state index contributed by atoms with van der Waals surface area (Å²) in [5.74, 6) is -1.26. The predicted octanol–water partition coefficient (Wildman–Crippen LogP) is 3.67. The van der Waals surface area contributed by atoms with Crippen molar-refractivity contribution in [1.82, 2.24) is 4.90 Å². The summed E-state index contributed by atoms with van der Waals surface area (Å²) in [6, 6.07) is 10.5. The van der Waals surface area contributed by atoms with Crippen LogP contribution in [0.2, 0.25) is 5.02 Å². The van der Waals surface area contributed by atoms with Crippen LogP contribution in [0.15, 0.2) is 42.5 Å². The summed E-state index contributed by atoms with van der Waals surface area (Å²) in [5.41, 5.74) is 1.65. The number of piperazine rings is 1. The molecule has 1 heterocycles. The number of rotatable bonds is 2. The molecule has 130 valence electrons. The standard InChI is InChI=1S/C19H18ClFN2O2/c1-12-7-8-14(20)11-17(12)23-10-9-22(13(2)18(23)24)19(25)15-5-3-4-6-16(15)21/h3-8,11,13H,9-10H2,1-2H3/t13-/m1/s1. The normalized spacial score (nSPS) is 17.8. The first-order valence-corrected chi connectivity index (χ1v) is 8.41. The van der Waals surface area contributed by atoms with Gasteiger partial charge in [0.15, 0.2) is 0 Å². The van der Waals surface area contributed by atoms with Crippen LogP contribution < -0.4 is 4.90 Å². The number of amides is 2. The average molecular weight is 361 g/mol. The fourth-order valence-corrected chi connectivity index (χ4v) is 3.22. The van der Waals surface area contributed by atoms with Crippen molar-refractivity contribution in [3.63, 3.8) is 0 Å². The number of hydrogen-bond acceptors (Lipinski definition) is 2. The van der Waals surface area contributed by atoms with E-state index in [1.54, 1.807) is 30.0 Å². The van der Waals surface area contributed by atoms with E-state index in [9.17, 15) is 14.0 Å². The summed E-state index contributed by atoms with van der Waals surface area (Å²) in [6.07, 6.45) is 0. The molecule has 0 radical (unpaired) electrons. The number of carbonyl (C=O) groups is 2. The number of nitrogens with zero attached hydrogens (tertiary/aromatic N) is 2. The molecular formula is C19H18ClFN2O2. The molecule has 2 aromatic rings. The highest BCUT2D eigenvalue weighted by atomic mass is 35.5. The maximum absolute atomic E-state index is 13.9. The van der Waals surface area contributed by atoms with E-state index in [1.165, 1.54) is 23.1 Å². The number of benzene rings is 2. The van der Waals surface area contributed by atoms with Gasteiger partial charge in [-0.1, -0.05) is 29.8 Å². The highest BCUT2D eigenvalue weighted by Crippen LogP contribution is 2.28. The molecule has 2 amide bonds. The monoisotopic (exact) mass is 360 g/mol. The molecule has 3 rings (SSSR count). The van der Waals surface area contributed by atoms with Crippen molar-refractivity contribution < 1.29 is 14.0 Å². The van der Waals surface area contributed by atoms with Gasteiger partial charge >= 0.3 is 0 Å². The zero-order chi connectivity index (χ0) is 18.1. The van der Waals surface area contributed by atoms with Crippen LogP contribution in [0.5, 0.6) is 0 Å². The first-order chi connectivity index (χ1) is 11.9. The van der Waals surface area contributed by atoms with Gasteiger partial charge in [0.05, 0.1) is 5.56 Å². The Morgan fingerprint density at radius 3 is 2.64 bits per heavy atom. The third kappa shape index (κ3) is 3.24. The quantitative estimate of drug-likeness (QED) is 0.820. The van der Waals surface area contributed by atoms with Crippen molar-refractivity contribution in [2.24, 2.45) is 0 Å². The Hall–Kier alpha value is -2.40.